The first-order valence-electron chi connectivity index (χ1n) is 3.47. The number of hydrogen-bond acceptors (Lipinski definition) is 4. The van der Waals surface area contributed by atoms with Gasteiger partial charge in [0.05, 0.1) is 0 Å². The second-order valence-corrected chi connectivity index (χ2v) is 8.67. The standard InChI is InChI=1S/C6H12S4/c1-3-6(4-2)5-7-9-10-8-6/h3-5H2,1-2H3. The van der Waals surface area contributed by atoms with E-state index in [1.54, 1.807) is 0 Å². The summed E-state index contributed by atoms with van der Waals surface area (Å²) in [5, 5.41) is 0. The summed E-state index contributed by atoms with van der Waals surface area (Å²) in [4.78, 5) is 0. The van der Waals surface area contributed by atoms with Crippen LogP contribution in [0.25, 0.3) is 0 Å². The zero-order valence-electron chi connectivity index (χ0n) is 6.25. The topological polar surface area (TPSA) is 0 Å². The molecule has 0 nitrogen and oxygen atoms in total. The Labute approximate surface area is 78.3 Å². The van der Waals surface area contributed by atoms with Gasteiger partial charge < -0.3 is 0 Å². The lowest BCUT2D eigenvalue weighted by molar-refractivity contribution is 0.614. The van der Waals surface area contributed by atoms with Gasteiger partial charge in [-0.3, -0.25) is 0 Å². The maximum absolute atomic E-state index is 2.30. The summed E-state index contributed by atoms with van der Waals surface area (Å²) in [5.41, 5.74) is 0. The number of rotatable bonds is 2. The van der Waals surface area contributed by atoms with Gasteiger partial charge in [0.25, 0.3) is 0 Å². The van der Waals surface area contributed by atoms with E-state index in [0.29, 0.717) is 4.75 Å². The SMILES string of the molecule is CCC1(CC)CSSSS1. The minimum absolute atomic E-state index is 0.584. The lowest BCUT2D eigenvalue weighted by Gasteiger charge is -2.32. The van der Waals surface area contributed by atoms with E-state index in [1.165, 1.54) is 18.6 Å². The van der Waals surface area contributed by atoms with Gasteiger partial charge in [-0.1, -0.05) is 35.4 Å². The van der Waals surface area contributed by atoms with Crippen molar-refractivity contribution in [3.8, 4) is 0 Å². The van der Waals surface area contributed by atoms with Gasteiger partial charge in [0.1, 0.15) is 0 Å². The Morgan fingerprint density at radius 3 is 2.20 bits per heavy atom. The van der Waals surface area contributed by atoms with Gasteiger partial charge in [0.2, 0.25) is 0 Å². The molecule has 0 saturated carbocycles. The maximum atomic E-state index is 2.30. The van der Waals surface area contributed by atoms with Crippen molar-refractivity contribution < 1.29 is 0 Å². The van der Waals surface area contributed by atoms with Gasteiger partial charge in [-0.25, -0.2) is 0 Å². The van der Waals surface area contributed by atoms with E-state index in [4.69, 9.17) is 0 Å². The molecule has 0 N–H and O–H groups in total. The molecule has 1 rings (SSSR count). The molecule has 0 atom stereocenters. The van der Waals surface area contributed by atoms with Crippen LogP contribution in [-0.2, 0) is 0 Å². The van der Waals surface area contributed by atoms with E-state index in [-0.39, 0.29) is 0 Å². The molecular formula is C6H12S4. The van der Waals surface area contributed by atoms with Gasteiger partial charge >= 0.3 is 0 Å². The molecule has 0 radical (unpaired) electrons. The van der Waals surface area contributed by atoms with Gasteiger partial charge in [-0.15, -0.1) is 0 Å². The predicted octanol–water partition coefficient (Wildman–Crippen LogP) is 4.24. The van der Waals surface area contributed by atoms with E-state index in [1.807, 2.05) is 30.4 Å². The van der Waals surface area contributed by atoms with Crippen molar-refractivity contribution in [1.29, 1.82) is 0 Å². The van der Waals surface area contributed by atoms with Crippen molar-refractivity contribution in [2.24, 2.45) is 0 Å². The van der Waals surface area contributed by atoms with Gasteiger partial charge in [-0.05, 0) is 32.5 Å². The van der Waals surface area contributed by atoms with Crippen molar-refractivity contribution in [3.63, 3.8) is 0 Å². The minimum Gasteiger partial charge on any atom is -0.0802 e. The number of hydrogen-bond donors (Lipinski definition) is 0. The second kappa shape index (κ2) is 4.43. The first kappa shape index (κ1) is 9.49. The average Bonchev–Trinajstić information content (AvgIpc) is 2.06. The molecular weight excluding hydrogens is 200 g/mol. The van der Waals surface area contributed by atoms with Gasteiger partial charge in [0.15, 0.2) is 0 Å². The molecule has 0 bridgehead atoms. The summed E-state index contributed by atoms with van der Waals surface area (Å²) in [6.07, 6.45) is 2.63. The Morgan fingerprint density at radius 2 is 1.90 bits per heavy atom. The molecule has 0 unspecified atom stereocenters. The molecule has 10 heavy (non-hydrogen) atoms. The fraction of sp³-hybridized carbons (Fsp3) is 1.00. The Kier molecular flexibility index (Phi) is 4.20. The smallest absolute Gasteiger partial charge is 0.0365 e. The van der Waals surface area contributed by atoms with E-state index >= 15 is 0 Å². The summed E-state index contributed by atoms with van der Waals surface area (Å²) in [5.74, 6) is 1.32. The molecule has 0 aromatic rings. The summed E-state index contributed by atoms with van der Waals surface area (Å²) >= 11 is 0. The van der Waals surface area contributed by atoms with E-state index in [0.717, 1.165) is 0 Å². The molecule has 1 aliphatic heterocycles. The minimum atomic E-state index is 0.584. The first-order valence-corrected chi connectivity index (χ1v) is 8.45. The van der Waals surface area contributed by atoms with Crippen LogP contribution in [0.4, 0.5) is 0 Å². The summed E-state index contributed by atoms with van der Waals surface area (Å²) in [6, 6.07) is 0. The van der Waals surface area contributed by atoms with Crippen molar-refractivity contribution in [1.82, 2.24) is 0 Å². The zero-order valence-corrected chi connectivity index (χ0v) is 9.52. The summed E-state index contributed by atoms with van der Waals surface area (Å²) < 4.78 is 0.584. The van der Waals surface area contributed by atoms with Crippen molar-refractivity contribution in [2.75, 3.05) is 5.75 Å². The Balaban J connectivity index is 2.44. The normalized spacial score (nSPS) is 24.6. The monoisotopic (exact) mass is 212 g/mol. The quantitative estimate of drug-likeness (QED) is 0.628. The highest BCUT2D eigenvalue weighted by Crippen LogP contribution is 2.58. The molecule has 0 aliphatic carbocycles. The van der Waals surface area contributed by atoms with Crippen LogP contribution in [-0.4, -0.2) is 10.5 Å². The highest BCUT2D eigenvalue weighted by atomic mass is 33.7. The van der Waals surface area contributed by atoms with Crippen LogP contribution in [0.3, 0.4) is 0 Å². The van der Waals surface area contributed by atoms with Crippen molar-refractivity contribution in [3.05, 3.63) is 0 Å². The predicted molar refractivity (Wildman–Crippen MR) is 58.5 cm³/mol. The van der Waals surface area contributed by atoms with Gasteiger partial charge in [0, 0.05) is 10.5 Å². The highest BCUT2D eigenvalue weighted by Gasteiger charge is 2.30. The molecule has 0 spiro atoms. The lowest BCUT2D eigenvalue weighted by Crippen LogP contribution is -2.25. The van der Waals surface area contributed by atoms with Crippen LogP contribution < -0.4 is 0 Å². The van der Waals surface area contributed by atoms with E-state index < -0.39 is 0 Å². The van der Waals surface area contributed by atoms with Crippen LogP contribution >= 0.6 is 41.2 Å². The summed E-state index contributed by atoms with van der Waals surface area (Å²) in [6.45, 7) is 4.60. The lowest BCUT2D eigenvalue weighted by atomic mass is 10.1. The molecule has 4 heteroatoms. The molecule has 1 saturated heterocycles. The Bertz CT molecular complexity index is 91.9. The molecule has 0 amide bonds. The van der Waals surface area contributed by atoms with Crippen molar-refractivity contribution in [2.45, 2.75) is 31.4 Å². The van der Waals surface area contributed by atoms with Gasteiger partial charge in [-0.2, -0.15) is 0 Å². The molecule has 0 aromatic heterocycles. The zero-order chi connectivity index (χ0) is 7.45. The van der Waals surface area contributed by atoms with Crippen molar-refractivity contribution >= 4 is 41.2 Å². The van der Waals surface area contributed by atoms with Crippen LogP contribution in [0.5, 0.6) is 0 Å². The Morgan fingerprint density at radius 1 is 1.20 bits per heavy atom. The van der Waals surface area contributed by atoms with Crippen LogP contribution in [0.1, 0.15) is 26.7 Å². The third kappa shape index (κ3) is 2.19. The molecule has 1 fully saturated rings. The average molecular weight is 212 g/mol. The maximum Gasteiger partial charge on any atom is 0.0365 e. The second-order valence-electron chi connectivity index (χ2n) is 2.37. The largest absolute Gasteiger partial charge is 0.0802 e. The molecule has 1 aliphatic rings. The third-order valence-electron chi connectivity index (χ3n) is 1.90. The fourth-order valence-corrected chi connectivity index (χ4v) is 9.29. The fourth-order valence-electron chi connectivity index (χ4n) is 0.833. The van der Waals surface area contributed by atoms with Crippen LogP contribution in [0.15, 0.2) is 0 Å². The van der Waals surface area contributed by atoms with Crippen LogP contribution in [0, 0.1) is 0 Å². The molecule has 0 aromatic carbocycles. The van der Waals surface area contributed by atoms with E-state index in [9.17, 15) is 0 Å². The molecule has 1 heterocycles. The van der Waals surface area contributed by atoms with E-state index in [2.05, 4.69) is 24.6 Å². The Hall–Kier alpha value is 1.40. The summed E-state index contributed by atoms with van der Waals surface area (Å²) in [7, 11) is 7.95. The third-order valence-corrected chi connectivity index (χ3v) is 9.60. The molecule has 60 valence electrons. The first-order chi connectivity index (χ1) is 4.83. The highest BCUT2D eigenvalue weighted by molar-refractivity contribution is 9.27. The van der Waals surface area contributed by atoms with Crippen LogP contribution in [0.2, 0.25) is 0 Å².